The van der Waals surface area contributed by atoms with Gasteiger partial charge in [0.2, 0.25) is 5.82 Å². The van der Waals surface area contributed by atoms with E-state index < -0.39 is 0 Å². The molecule has 1 aliphatic heterocycles. The number of aromatic nitrogens is 4. The predicted octanol–water partition coefficient (Wildman–Crippen LogP) is 3.34. The standard InChI is InChI=1S/C21H22N6O/c1-15-5-2-7-18(25-15)26-19-13-16(8-11-22-19)17-6-3-12-27(14-17)21(28)20-23-9-4-10-24-20/h2,4-5,7-11,13,17H,3,6,12,14H2,1H3,(H,22,25,26)/t17-/m1/s1. The van der Waals surface area contributed by atoms with Crippen molar-refractivity contribution in [1.82, 2.24) is 24.8 Å². The van der Waals surface area contributed by atoms with E-state index in [1.54, 1.807) is 24.7 Å². The minimum atomic E-state index is -0.110. The third-order valence-electron chi connectivity index (χ3n) is 4.87. The lowest BCUT2D eigenvalue weighted by atomic mass is 9.91. The zero-order valence-corrected chi connectivity index (χ0v) is 15.7. The summed E-state index contributed by atoms with van der Waals surface area (Å²) in [5.74, 6) is 1.93. The Hall–Kier alpha value is -3.35. The molecule has 3 aromatic rings. The highest BCUT2D eigenvalue weighted by Gasteiger charge is 2.27. The molecule has 4 heterocycles. The minimum absolute atomic E-state index is 0.110. The summed E-state index contributed by atoms with van der Waals surface area (Å²) in [6.45, 7) is 3.35. The topological polar surface area (TPSA) is 83.9 Å². The van der Waals surface area contributed by atoms with Crippen molar-refractivity contribution >= 4 is 17.5 Å². The summed E-state index contributed by atoms with van der Waals surface area (Å²) in [5, 5.41) is 3.26. The number of rotatable bonds is 4. The van der Waals surface area contributed by atoms with Crippen LogP contribution in [0.1, 0.15) is 40.6 Å². The Morgan fingerprint density at radius 2 is 1.93 bits per heavy atom. The maximum atomic E-state index is 12.7. The fourth-order valence-electron chi connectivity index (χ4n) is 3.50. The number of likely N-dealkylation sites (tertiary alicyclic amines) is 1. The van der Waals surface area contributed by atoms with Gasteiger partial charge in [0.1, 0.15) is 11.6 Å². The zero-order valence-electron chi connectivity index (χ0n) is 15.7. The van der Waals surface area contributed by atoms with E-state index in [0.717, 1.165) is 42.3 Å². The Balaban J connectivity index is 1.48. The number of pyridine rings is 2. The molecule has 7 heteroatoms. The van der Waals surface area contributed by atoms with E-state index in [9.17, 15) is 4.79 Å². The maximum absolute atomic E-state index is 12.7. The summed E-state index contributed by atoms with van der Waals surface area (Å²) >= 11 is 0. The minimum Gasteiger partial charge on any atom is -0.335 e. The molecular weight excluding hydrogens is 352 g/mol. The van der Waals surface area contributed by atoms with Gasteiger partial charge >= 0.3 is 0 Å². The fourth-order valence-corrected chi connectivity index (χ4v) is 3.50. The third kappa shape index (κ3) is 4.14. The van der Waals surface area contributed by atoms with E-state index in [1.165, 1.54) is 0 Å². The van der Waals surface area contributed by atoms with Crippen LogP contribution in [-0.4, -0.2) is 43.8 Å². The first-order valence-electron chi connectivity index (χ1n) is 9.42. The van der Waals surface area contributed by atoms with Gasteiger partial charge in [0.25, 0.3) is 5.91 Å². The van der Waals surface area contributed by atoms with Crippen LogP contribution in [-0.2, 0) is 0 Å². The van der Waals surface area contributed by atoms with Crippen LogP contribution in [0.4, 0.5) is 11.6 Å². The van der Waals surface area contributed by atoms with Crippen molar-refractivity contribution in [2.45, 2.75) is 25.7 Å². The summed E-state index contributed by atoms with van der Waals surface area (Å²) in [4.78, 5) is 31.6. The second kappa shape index (κ2) is 8.12. The van der Waals surface area contributed by atoms with Crippen LogP contribution in [0, 0.1) is 6.92 Å². The lowest BCUT2D eigenvalue weighted by Crippen LogP contribution is -2.39. The molecule has 7 nitrogen and oxygen atoms in total. The molecule has 1 saturated heterocycles. The maximum Gasteiger partial charge on any atom is 0.291 e. The lowest BCUT2D eigenvalue weighted by molar-refractivity contribution is 0.0694. The highest BCUT2D eigenvalue weighted by molar-refractivity contribution is 5.90. The van der Waals surface area contributed by atoms with Crippen molar-refractivity contribution < 1.29 is 4.79 Å². The van der Waals surface area contributed by atoms with Crippen molar-refractivity contribution in [2.75, 3.05) is 18.4 Å². The zero-order chi connectivity index (χ0) is 19.3. The molecule has 4 rings (SSSR count). The molecule has 3 aromatic heterocycles. The summed E-state index contributed by atoms with van der Waals surface area (Å²) < 4.78 is 0. The average molecular weight is 374 g/mol. The second-order valence-corrected chi connectivity index (χ2v) is 6.93. The largest absolute Gasteiger partial charge is 0.335 e. The molecule has 28 heavy (non-hydrogen) atoms. The summed E-state index contributed by atoms with van der Waals surface area (Å²) in [6.07, 6.45) is 6.98. The molecule has 1 fully saturated rings. The molecule has 0 bridgehead atoms. The second-order valence-electron chi connectivity index (χ2n) is 6.93. The third-order valence-corrected chi connectivity index (χ3v) is 4.87. The average Bonchev–Trinajstić information content (AvgIpc) is 2.74. The molecule has 0 spiro atoms. The Labute approximate surface area is 163 Å². The van der Waals surface area contributed by atoms with Gasteiger partial charge in [-0.05, 0) is 55.7 Å². The number of anilines is 2. The van der Waals surface area contributed by atoms with Crippen molar-refractivity contribution in [3.05, 3.63) is 72.1 Å². The van der Waals surface area contributed by atoms with Gasteiger partial charge in [-0.3, -0.25) is 4.79 Å². The number of carbonyl (C=O) groups excluding carboxylic acids is 1. The summed E-state index contributed by atoms with van der Waals surface area (Å²) in [7, 11) is 0. The number of amides is 1. The Bertz CT molecular complexity index is 962. The molecule has 0 radical (unpaired) electrons. The number of nitrogens with one attached hydrogen (secondary N) is 1. The molecule has 142 valence electrons. The normalized spacial score (nSPS) is 16.6. The molecular formula is C21H22N6O. The van der Waals surface area contributed by atoms with Crippen molar-refractivity contribution in [3.8, 4) is 0 Å². The number of carbonyl (C=O) groups is 1. The number of piperidine rings is 1. The van der Waals surface area contributed by atoms with E-state index in [2.05, 4.69) is 25.3 Å². The molecule has 0 unspecified atom stereocenters. The SMILES string of the molecule is Cc1cccc(Nc2cc([C@@H]3CCCN(C(=O)c4ncccn4)C3)ccn2)n1. The van der Waals surface area contributed by atoms with Crippen LogP contribution in [0.2, 0.25) is 0 Å². The number of aryl methyl sites for hydroxylation is 1. The molecule has 1 aliphatic rings. The van der Waals surface area contributed by atoms with Crippen molar-refractivity contribution in [3.63, 3.8) is 0 Å². The smallest absolute Gasteiger partial charge is 0.291 e. The van der Waals surface area contributed by atoms with Gasteiger partial charge in [-0.15, -0.1) is 0 Å². The van der Waals surface area contributed by atoms with Gasteiger partial charge in [-0.1, -0.05) is 6.07 Å². The first kappa shape index (κ1) is 18.0. The van der Waals surface area contributed by atoms with E-state index >= 15 is 0 Å². The van der Waals surface area contributed by atoms with E-state index in [-0.39, 0.29) is 17.6 Å². The van der Waals surface area contributed by atoms with E-state index in [1.807, 2.05) is 42.2 Å². The van der Waals surface area contributed by atoms with Gasteiger partial charge in [0.05, 0.1) is 0 Å². The van der Waals surface area contributed by atoms with E-state index in [0.29, 0.717) is 6.54 Å². The lowest BCUT2D eigenvalue weighted by Gasteiger charge is -2.32. The van der Waals surface area contributed by atoms with Crippen LogP contribution in [0.25, 0.3) is 0 Å². The van der Waals surface area contributed by atoms with Gasteiger partial charge in [-0.2, -0.15) is 0 Å². The molecule has 0 saturated carbocycles. The highest BCUT2D eigenvalue weighted by atomic mass is 16.2. The van der Waals surface area contributed by atoms with Crippen molar-refractivity contribution in [2.24, 2.45) is 0 Å². The molecule has 1 amide bonds. The summed E-state index contributed by atoms with van der Waals surface area (Å²) in [6, 6.07) is 11.6. The van der Waals surface area contributed by atoms with Gasteiger partial charge in [0, 0.05) is 43.3 Å². The van der Waals surface area contributed by atoms with Gasteiger partial charge in [-0.25, -0.2) is 19.9 Å². The first-order chi connectivity index (χ1) is 13.7. The van der Waals surface area contributed by atoms with Gasteiger partial charge in [0.15, 0.2) is 0 Å². The number of hydrogen-bond donors (Lipinski definition) is 1. The number of nitrogens with zero attached hydrogens (tertiary/aromatic N) is 5. The van der Waals surface area contributed by atoms with Crippen LogP contribution in [0.3, 0.4) is 0 Å². The van der Waals surface area contributed by atoms with Crippen LogP contribution in [0.5, 0.6) is 0 Å². The molecule has 0 aliphatic carbocycles. The highest BCUT2D eigenvalue weighted by Crippen LogP contribution is 2.29. The monoisotopic (exact) mass is 374 g/mol. The summed E-state index contributed by atoms with van der Waals surface area (Å²) in [5.41, 5.74) is 2.11. The Kier molecular flexibility index (Phi) is 5.23. The Morgan fingerprint density at radius 3 is 2.75 bits per heavy atom. The first-order valence-corrected chi connectivity index (χ1v) is 9.42. The van der Waals surface area contributed by atoms with Crippen LogP contribution < -0.4 is 5.32 Å². The predicted molar refractivity (Wildman–Crippen MR) is 106 cm³/mol. The fraction of sp³-hybridized carbons (Fsp3) is 0.286. The molecule has 1 atom stereocenters. The van der Waals surface area contributed by atoms with Gasteiger partial charge < -0.3 is 10.2 Å². The van der Waals surface area contributed by atoms with Crippen molar-refractivity contribution in [1.29, 1.82) is 0 Å². The Morgan fingerprint density at radius 1 is 1.07 bits per heavy atom. The van der Waals surface area contributed by atoms with Crippen LogP contribution >= 0.6 is 0 Å². The quantitative estimate of drug-likeness (QED) is 0.754. The van der Waals surface area contributed by atoms with Crippen LogP contribution in [0.15, 0.2) is 55.0 Å². The molecule has 1 N–H and O–H groups in total. The van der Waals surface area contributed by atoms with E-state index in [4.69, 9.17) is 0 Å². The molecule has 0 aromatic carbocycles. The number of hydrogen-bond acceptors (Lipinski definition) is 6.